The summed E-state index contributed by atoms with van der Waals surface area (Å²) < 4.78 is 52.8. The Morgan fingerprint density at radius 1 is 0.957 bits per heavy atom. The maximum absolute atomic E-state index is 14.2. The number of halogens is 2. The number of hydrogen-bond acceptors (Lipinski definition) is 6. The fourth-order valence-corrected chi connectivity index (χ4v) is 6.51. The fourth-order valence-electron chi connectivity index (χ4n) is 6.04. The molecule has 5 amide bonds. The van der Waals surface area contributed by atoms with E-state index in [4.69, 9.17) is 0 Å². The highest BCUT2D eigenvalue weighted by atomic mass is 32.2. The first kappa shape index (κ1) is 39.6. The molecule has 266 valence electrons. The summed E-state index contributed by atoms with van der Waals surface area (Å²) in [4.78, 5) is 55.5. The van der Waals surface area contributed by atoms with Crippen LogP contribution < -0.4 is 26.0 Å². The monoisotopic (exact) mass is 678 g/mol. The summed E-state index contributed by atoms with van der Waals surface area (Å²) in [6.45, 7) is 19.1. The van der Waals surface area contributed by atoms with Crippen LogP contribution in [0.5, 0.6) is 0 Å². The standard InChI is InChI=1S/C31H56F2N6O6S/c1-17(2)12-13-34-25(40)19(14-21(32)33)36-26(41)23-22-18(31(22,9)10)16-39(23)27(42)24(30(6,7)8)38-28(43)37-20(29(3,4)5)15-35-46(11,44)45/h17-24,35H,12-16H2,1-11H3,(H,34,40)(H,36,41)(H2,37,38,43)/t18-,19-,20+,22-,23-,24+/m0/s1. The highest BCUT2D eigenvalue weighted by molar-refractivity contribution is 7.88. The molecule has 2 aliphatic rings. The molecule has 0 aromatic rings. The Balaban J connectivity index is 2.30. The van der Waals surface area contributed by atoms with Crippen LogP contribution in [-0.4, -0.2) is 93.6 Å². The fraction of sp³-hybridized carbons (Fsp3) is 0.871. The van der Waals surface area contributed by atoms with Crippen LogP contribution in [0.3, 0.4) is 0 Å². The number of sulfonamides is 1. The Bertz CT molecular complexity index is 1230. The molecule has 2 rings (SSSR count). The molecule has 0 bridgehead atoms. The first-order valence-electron chi connectivity index (χ1n) is 16.0. The number of urea groups is 1. The summed E-state index contributed by atoms with van der Waals surface area (Å²) in [5.74, 6) is -1.91. The van der Waals surface area contributed by atoms with Crippen molar-refractivity contribution < 1.29 is 36.4 Å². The molecule has 1 saturated carbocycles. The summed E-state index contributed by atoms with van der Waals surface area (Å²) in [7, 11) is -3.53. The molecule has 0 aromatic heterocycles. The zero-order valence-corrected chi connectivity index (χ0v) is 30.0. The molecule has 1 heterocycles. The highest BCUT2D eigenvalue weighted by Crippen LogP contribution is 2.65. The number of rotatable bonds is 14. The maximum atomic E-state index is 14.2. The Kier molecular flexibility index (Phi) is 12.7. The number of hydrogen-bond donors (Lipinski definition) is 5. The topological polar surface area (TPSA) is 166 Å². The molecular weight excluding hydrogens is 622 g/mol. The van der Waals surface area contributed by atoms with E-state index < -0.39 is 81.6 Å². The lowest BCUT2D eigenvalue weighted by Gasteiger charge is -2.38. The van der Waals surface area contributed by atoms with E-state index in [1.165, 1.54) is 4.90 Å². The van der Waals surface area contributed by atoms with Crippen LogP contribution >= 0.6 is 0 Å². The van der Waals surface area contributed by atoms with E-state index in [1.807, 2.05) is 48.5 Å². The molecule has 12 nitrogen and oxygen atoms in total. The highest BCUT2D eigenvalue weighted by Gasteiger charge is 2.70. The summed E-state index contributed by atoms with van der Waals surface area (Å²) in [5.41, 5.74) is -1.64. The van der Waals surface area contributed by atoms with E-state index >= 15 is 0 Å². The molecule has 0 aromatic carbocycles. The summed E-state index contributed by atoms with van der Waals surface area (Å²) >= 11 is 0. The lowest BCUT2D eigenvalue weighted by Crippen LogP contribution is -2.62. The van der Waals surface area contributed by atoms with Crippen molar-refractivity contribution in [3.8, 4) is 0 Å². The smallest absolute Gasteiger partial charge is 0.315 e. The van der Waals surface area contributed by atoms with Crippen LogP contribution in [0.25, 0.3) is 0 Å². The van der Waals surface area contributed by atoms with Crippen LogP contribution in [-0.2, 0) is 24.4 Å². The Morgan fingerprint density at radius 3 is 2.02 bits per heavy atom. The number of likely N-dealkylation sites (tertiary alicyclic amines) is 1. The first-order valence-corrected chi connectivity index (χ1v) is 17.8. The molecule has 0 radical (unpaired) electrons. The third-order valence-corrected chi connectivity index (χ3v) is 9.81. The minimum atomic E-state index is -3.53. The quantitative estimate of drug-likeness (QED) is 0.189. The van der Waals surface area contributed by atoms with Gasteiger partial charge in [0.2, 0.25) is 34.2 Å². The van der Waals surface area contributed by atoms with Crippen LogP contribution in [0.2, 0.25) is 0 Å². The minimum Gasteiger partial charge on any atom is -0.354 e. The minimum absolute atomic E-state index is 0.0256. The number of piperidine rings is 1. The van der Waals surface area contributed by atoms with Gasteiger partial charge < -0.3 is 26.2 Å². The zero-order valence-electron chi connectivity index (χ0n) is 29.2. The van der Waals surface area contributed by atoms with Gasteiger partial charge in [-0.25, -0.2) is 26.7 Å². The number of carbonyl (C=O) groups is 4. The lowest BCUT2D eigenvalue weighted by molar-refractivity contribution is -0.144. The summed E-state index contributed by atoms with van der Waals surface area (Å²) in [6.07, 6.45) is -2.05. The third-order valence-electron chi connectivity index (χ3n) is 9.12. The van der Waals surface area contributed by atoms with Crippen molar-refractivity contribution >= 4 is 33.8 Å². The summed E-state index contributed by atoms with van der Waals surface area (Å²) in [6, 6.07) is -4.91. The van der Waals surface area contributed by atoms with Gasteiger partial charge in [-0.15, -0.1) is 0 Å². The number of amides is 5. The number of nitrogens with zero attached hydrogens (tertiary/aromatic N) is 1. The van der Waals surface area contributed by atoms with Crippen molar-refractivity contribution in [2.75, 3.05) is 25.9 Å². The number of alkyl halides is 2. The predicted molar refractivity (Wildman–Crippen MR) is 172 cm³/mol. The Labute approximate surface area is 273 Å². The van der Waals surface area contributed by atoms with Gasteiger partial charge in [0.05, 0.1) is 6.26 Å². The van der Waals surface area contributed by atoms with Gasteiger partial charge in [-0.3, -0.25) is 14.4 Å². The molecule has 1 aliphatic carbocycles. The number of carbonyl (C=O) groups excluding carboxylic acids is 4. The van der Waals surface area contributed by atoms with Gasteiger partial charge >= 0.3 is 6.03 Å². The van der Waals surface area contributed by atoms with E-state index in [2.05, 4.69) is 26.0 Å². The molecule has 1 aliphatic heterocycles. The third kappa shape index (κ3) is 10.7. The average molecular weight is 679 g/mol. The zero-order chi connectivity index (χ0) is 35.6. The molecule has 46 heavy (non-hydrogen) atoms. The van der Waals surface area contributed by atoms with Gasteiger partial charge in [0.1, 0.15) is 18.1 Å². The van der Waals surface area contributed by atoms with Crippen LogP contribution in [0.1, 0.15) is 82.1 Å². The molecule has 15 heteroatoms. The van der Waals surface area contributed by atoms with E-state index in [0.717, 1.165) is 6.26 Å². The molecule has 5 N–H and O–H groups in total. The first-order chi connectivity index (χ1) is 20.8. The predicted octanol–water partition coefficient (Wildman–Crippen LogP) is 2.45. The molecule has 2 fully saturated rings. The lowest BCUT2D eigenvalue weighted by atomic mass is 9.85. The van der Waals surface area contributed by atoms with Crippen molar-refractivity contribution in [3.63, 3.8) is 0 Å². The van der Waals surface area contributed by atoms with Crippen molar-refractivity contribution in [3.05, 3.63) is 0 Å². The second-order valence-electron chi connectivity index (χ2n) is 16.0. The van der Waals surface area contributed by atoms with Crippen molar-refractivity contribution in [1.82, 2.24) is 30.9 Å². The van der Waals surface area contributed by atoms with Crippen LogP contribution in [0.4, 0.5) is 13.6 Å². The Morgan fingerprint density at radius 2 is 1.54 bits per heavy atom. The molecular formula is C31H56F2N6O6S. The second kappa shape index (κ2) is 14.7. The van der Waals surface area contributed by atoms with Gasteiger partial charge in [-0.1, -0.05) is 69.2 Å². The average Bonchev–Trinajstić information content (AvgIpc) is 3.18. The number of nitrogens with one attached hydrogen (secondary N) is 5. The van der Waals surface area contributed by atoms with Gasteiger partial charge in [0, 0.05) is 32.1 Å². The second-order valence-corrected chi connectivity index (χ2v) is 17.8. The Hall–Kier alpha value is -2.55. The SMILES string of the molecule is CC(C)CCNC(=O)[C@H](CC(F)F)NC(=O)[C@@H]1[C@@H]2[C@H](CN1C(=O)[C@@H](NC(=O)N[C@H](CNS(C)(=O)=O)C(C)(C)C)C(C)(C)C)C2(C)C. The molecule has 1 saturated heterocycles. The summed E-state index contributed by atoms with van der Waals surface area (Å²) in [5, 5.41) is 10.7. The van der Waals surface area contributed by atoms with Crippen molar-refractivity contribution in [2.45, 2.75) is 113 Å². The van der Waals surface area contributed by atoms with Crippen molar-refractivity contribution in [1.29, 1.82) is 0 Å². The maximum Gasteiger partial charge on any atom is 0.315 e. The van der Waals surface area contributed by atoms with Crippen LogP contribution in [0, 0.1) is 34.0 Å². The van der Waals surface area contributed by atoms with E-state index in [0.29, 0.717) is 6.42 Å². The van der Waals surface area contributed by atoms with Gasteiger partial charge in [-0.2, -0.15) is 0 Å². The van der Waals surface area contributed by atoms with Crippen molar-refractivity contribution in [2.24, 2.45) is 34.0 Å². The van der Waals surface area contributed by atoms with Gasteiger partial charge in [0.15, 0.2) is 0 Å². The van der Waals surface area contributed by atoms with Gasteiger partial charge in [0.25, 0.3) is 0 Å². The largest absolute Gasteiger partial charge is 0.354 e. The van der Waals surface area contributed by atoms with E-state index in [9.17, 15) is 36.4 Å². The molecule has 0 spiro atoms. The van der Waals surface area contributed by atoms with E-state index in [1.54, 1.807) is 20.8 Å². The normalized spacial score (nSPS) is 22.9. The van der Waals surface area contributed by atoms with E-state index in [-0.39, 0.29) is 42.8 Å². The van der Waals surface area contributed by atoms with Crippen LogP contribution in [0.15, 0.2) is 0 Å². The molecule has 6 atom stereocenters. The number of fused-ring (bicyclic) bond motifs is 1. The molecule has 0 unspecified atom stereocenters. The van der Waals surface area contributed by atoms with Gasteiger partial charge in [-0.05, 0) is 40.4 Å².